The Balaban J connectivity index is 2.95. The van der Waals surface area contributed by atoms with Gasteiger partial charge in [0.05, 0.1) is 11.8 Å². The number of nitriles is 1. The normalized spacial score (nSPS) is 12.1. The highest BCUT2D eigenvalue weighted by Crippen LogP contribution is 2.20. The smallest absolute Gasteiger partial charge is 0.242 e. The van der Waals surface area contributed by atoms with Crippen LogP contribution in [0, 0.1) is 40.6 Å². The van der Waals surface area contributed by atoms with Gasteiger partial charge in [-0.2, -0.15) is 5.26 Å². The second kappa shape index (κ2) is 5.54. The van der Waals surface area contributed by atoms with Crippen LogP contribution in [0.25, 0.3) is 0 Å². The Kier molecular flexibility index (Phi) is 4.32. The highest BCUT2D eigenvalue weighted by Gasteiger charge is 2.23. The third-order valence-electron chi connectivity index (χ3n) is 2.36. The molecule has 1 amide bonds. The molecule has 18 heavy (non-hydrogen) atoms. The Labute approximate surface area is 102 Å². The lowest BCUT2D eigenvalue weighted by atomic mass is 9.96. The van der Waals surface area contributed by atoms with E-state index in [1.54, 1.807) is 19.9 Å². The van der Waals surface area contributed by atoms with Gasteiger partial charge in [-0.1, -0.05) is 13.8 Å². The molecule has 0 radical (unpaired) electrons. The molecule has 0 spiro atoms. The molecule has 0 aliphatic heterocycles. The minimum absolute atomic E-state index is 0.275. The summed E-state index contributed by atoms with van der Waals surface area (Å²) < 4.78 is 38.8. The van der Waals surface area contributed by atoms with Crippen LogP contribution in [0.1, 0.15) is 13.8 Å². The molecule has 1 atom stereocenters. The van der Waals surface area contributed by atoms with Crippen LogP contribution in [0.2, 0.25) is 0 Å². The predicted molar refractivity (Wildman–Crippen MR) is 58.9 cm³/mol. The summed E-state index contributed by atoms with van der Waals surface area (Å²) >= 11 is 0. The summed E-state index contributed by atoms with van der Waals surface area (Å²) in [4.78, 5) is 11.6. The molecule has 1 rings (SSSR count). The Hall–Kier alpha value is -2.03. The van der Waals surface area contributed by atoms with Crippen LogP contribution in [0.4, 0.5) is 18.9 Å². The molecule has 1 unspecified atom stereocenters. The zero-order chi connectivity index (χ0) is 13.9. The van der Waals surface area contributed by atoms with Gasteiger partial charge in [-0.3, -0.25) is 4.79 Å². The van der Waals surface area contributed by atoms with Crippen LogP contribution in [0.15, 0.2) is 12.1 Å². The van der Waals surface area contributed by atoms with Crippen molar-refractivity contribution in [3.05, 3.63) is 29.6 Å². The van der Waals surface area contributed by atoms with Gasteiger partial charge < -0.3 is 5.32 Å². The van der Waals surface area contributed by atoms with Gasteiger partial charge in [0, 0.05) is 12.1 Å². The van der Waals surface area contributed by atoms with Gasteiger partial charge >= 0.3 is 0 Å². The zero-order valence-corrected chi connectivity index (χ0v) is 9.80. The van der Waals surface area contributed by atoms with E-state index in [1.807, 2.05) is 0 Å². The molecule has 96 valence electrons. The highest BCUT2D eigenvalue weighted by molar-refractivity contribution is 5.94. The fraction of sp³-hybridized carbons (Fsp3) is 0.333. The predicted octanol–water partition coefficient (Wildman–Crippen LogP) is 2.84. The van der Waals surface area contributed by atoms with Crippen molar-refractivity contribution in [1.82, 2.24) is 0 Å². The van der Waals surface area contributed by atoms with Crippen molar-refractivity contribution in [2.75, 3.05) is 5.32 Å². The van der Waals surface area contributed by atoms with Gasteiger partial charge in [-0.05, 0) is 5.92 Å². The summed E-state index contributed by atoms with van der Waals surface area (Å²) in [5, 5.41) is 10.8. The number of hydrogen-bond acceptors (Lipinski definition) is 2. The Bertz CT molecular complexity index is 509. The monoisotopic (exact) mass is 256 g/mol. The fourth-order valence-corrected chi connectivity index (χ4v) is 1.34. The van der Waals surface area contributed by atoms with Gasteiger partial charge in [-0.15, -0.1) is 0 Å². The second-order valence-electron chi connectivity index (χ2n) is 4.09. The minimum Gasteiger partial charge on any atom is -0.322 e. The maximum atomic E-state index is 13.3. The topological polar surface area (TPSA) is 52.9 Å². The molecular weight excluding hydrogens is 245 g/mol. The van der Waals surface area contributed by atoms with E-state index in [2.05, 4.69) is 5.32 Å². The third kappa shape index (κ3) is 3.00. The average Bonchev–Trinajstić information content (AvgIpc) is 2.26. The Morgan fingerprint density at radius 1 is 1.22 bits per heavy atom. The minimum atomic E-state index is -1.34. The number of nitrogens with zero attached hydrogens (tertiary/aromatic N) is 1. The van der Waals surface area contributed by atoms with Crippen molar-refractivity contribution < 1.29 is 18.0 Å². The van der Waals surface area contributed by atoms with Crippen molar-refractivity contribution in [3.8, 4) is 6.07 Å². The second-order valence-corrected chi connectivity index (χ2v) is 4.09. The highest BCUT2D eigenvalue weighted by atomic mass is 19.2. The van der Waals surface area contributed by atoms with Gasteiger partial charge in [-0.25, -0.2) is 13.2 Å². The summed E-state index contributed by atoms with van der Waals surface area (Å²) in [5.41, 5.74) is -0.486. The molecule has 0 heterocycles. The number of benzene rings is 1. The van der Waals surface area contributed by atoms with Crippen LogP contribution in [-0.4, -0.2) is 5.91 Å². The molecule has 1 aromatic rings. The maximum Gasteiger partial charge on any atom is 0.242 e. The zero-order valence-electron chi connectivity index (χ0n) is 9.80. The van der Waals surface area contributed by atoms with Crippen molar-refractivity contribution in [2.24, 2.45) is 11.8 Å². The van der Waals surface area contributed by atoms with E-state index in [-0.39, 0.29) is 5.92 Å². The average molecular weight is 256 g/mol. The summed E-state index contributed by atoms with van der Waals surface area (Å²) in [6.07, 6.45) is 0. The summed E-state index contributed by atoms with van der Waals surface area (Å²) in [6, 6.07) is 2.64. The van der Waals surface area contributed by atoms with Crippen LogP contribution in [0.5, 0.6) is 0 Å². The van der Waals surface area contributed by atoms with Gasteiger partial charge in [0.1, 0.15) is 11.7 Å². The molecule has 0 aliphatic rings. The molecule has 0 fully saturated rings. The van der Waals surface area contributed by atoms with Gasteiger partial charge in [0.15, 0.2) is 11.6 Å². The lowest BCUT2D eigenvalue weighted by Gasteiger charge is -2.13. The molecule has 1 aromatic carbocycles. The molecule has 0 saturated heterocycles. The number of hydrogen-bond donors (Lipinski definition) is 1. The van der Waals surface area contributed by atoms with E-state index in [4.69, 9.17) is 5.26 Å². The van der Waals surface area contributed by atoms with E-state index < -0.39 is 35.0 Å². The quantitative estimate of drug-likeness (QED) is 0.845. The SMILES string of the molecule is CC(C)C(C#N)C(=O)Nc1cc(F)c(F)cc1F. The van der Waals surface area contributed by atoms with E-state index in [0.29, 0.717) is 12.1 Å². The number of carbonyl (C=O) groups is 1. The van der Waals surface area contributed by atoms with Crippen molar-refractivity contribution in [2.45, 2.75) is 13.8 Å². The number of amides is 1. The van der Waals surface area contributed by atoms with E-state index in [9.17, 15) is 18.0 Å². The maximum absolute atomic E-state index is 13.3. The molecule has 6 heteroatoms. The van der Waals surface area contributed by atoms with E-state index in [0.717, 1.165) is 0 Å². The van der Waals surface area contributed by atoms with Crippen LogP contribution in [-0.2, 0) is 4.79 Å². The standard InChI is InChI=1S/C12H11F3N2O/c1-6(2)7(5-16)12(18)17-11-4-9(14)8(13)3-10(11)15/h3-4,6-7H,1-2H3,(H,17,18). The number of carbonyl (C=O) groups excluding carboxylic acids is 1. The van der Waals surface area contributed by atoms with Crippen LogP contribution in [0.3, 0.4) is 0 Å². The molecular formula is C12H11F3N2O. The third-order valence-corrected chi connectivity index (χ3v) is 2.36. The number of rotatable bonds is 3. The van der Waals surface area contributed by atoms with Crippen LogP contribution < -0.4 is 5.32 Å². The lowest BCUT2D eigenvalue weighted by molar-refractivity contribution is -0.119. The van der Waals surface area contributed by atoms with Crippen molar-refractivity contribution in [3.63, 3.8) is 0 Å². The summed E-state index contributed by atoms with van der Waals surface area (Å²) in [7, 11) is 0. The summed E-state index contributed by atoms with van der Waals surface area (Å²) in [6.45, 7) is 3.30. The molecule has 0 saturated carbocycles. The molecule has 0 aromatic heterocycles. The Morgan fingerprint density at radius 2 is 1.78 bits per heavy atom. The van der Waals surface area contributed by atoms with Crippen molar-refractivity contribution >= 4 is 11.6 Å². The largest absolute Gasteiger partial charge is 0.322 e. The van der Waals surface area contributed by atoms with Crippen LogP contribution >= 0.6 is 0 Å². The first-order valence-electron chi connectivity index (χ1n) is 5.21. The summed E-state index contributed by atoms with van der Waals surface area (Å²) in [5.74, 6) is -5.73. The lowest BCUT2D eigenvalue weighted by Crippen LogP contribution is -2.26. The van der Waals surface area contributed by atoms with E-state index in [1.165, 1.54) is 0 Å². The molecule has 0 aliphatic carbocycles. The Morgan fingerprint density at radius 3 is 2.28 bits per heavy atom. The van der Waals surface area contributed by atoms with Gasteiger partial charge in [0.25, 0.3) is 0 Å². The van der Waals surface area contributed by atoms with Gasteiger partial charge in [0.2, 0.25) is 5.91 Å². The first kappa shape index (κ1) is 14.0. The van der Waals surface area contributed by atoms with Crippen molar-refractivity contribution in [1.29, 1.82) is 5.26 Å². The first-order chi connectivity index (χ1) is 8.36. The molecule has 3 nitrogen and oxygen atoms in total. The molecule has 1 N–H and O–H groups in total. The number of nitrogens with one attached hydrogen (secondary N) is 1. The number of anilines is 1. The van der Waals surface area contributed by atoms with E-state index >= 15 is 0 Å². The fourth-order valence-electron chi connectivity index (χ4n) is 1.34. The number of halogens is 3. The molecule has 0 bridgehead atoms. The first-order valence-corrected chi connectivity index (χ1v) is 5.21.